The first kappa shape index (κ1) is 11.4. The van der Waals surface area contributed by atoms with E-state index in [4.69, 9.17) is 9.47 Å². The summed E-state index contributed by atoms with van der Waals surface area (Å²) < 4.78 is 10.8. The summed E-state index contributed by atoms with van der Waals surface area (Å²) in [6.45, 7) is 2.58. The van der Waals surface area contributed by atoms with E-state index >= 15 is 0 Å². The van der Waals surface area contributed by atoms with Crippen molar-refractivity contribution >= 4 is 5.91 Å². The second kappa shape index (κ2) is 5.29. The predicted molar refractivity (Wildman–Crippen MR) is 52.1 cm³/mol. The number of carbonyl (C=O) groups excluding carboxylic acids is 1. The van der Waals surface area contributed by atoms with Gasteiger partial charge >= 0.3 is 0 Å². The molecule has 0 aromatic heterocycles. The molecule has 1 unspecified atom stereocenters. The van der Waals surface area contributed by atoms with Crippen molar-refractivity contribution in [1.82, 2.24) is 10.6 Å². The van der Waals surface area contributed by atoms with Crippen molar-refractivity contribution in [3.05, 3.63) is 0 Å². The molecular weight excluding hydrogens is 184 g/mol. The molecule has 0 aliphatic carbocycles. The molecule has 2 N–H and O–H groups in total. The van der Waals surface area contributed by atoms with Crippen molar-refractivity contribution in [3.8, 4) is 0 Å². The van der Waals surface area contributed by atoms with Gasteiger partial charge in [-0.1, -0.05) is 0 Å². The Kier molecular flexibility index (Phi) is 4.31. The lowest BCUT2D eigenvalue weighted by molar-refractivity contribution is -0.130. The molecule has 1 saturated heterocycles. The molecule has 0 aromatic carbocycles. The van der Waals surface area contributed by atoms with Gasteiger partial charge in [0.1, 0.15) is 5.60 Å². The van der Waals surface area contributed by atoms with Gasteiger partial charge < -0.3 is 20.1 Å². The maximum Gasteiger partial charge on any atom is 0.222 e. The highest BCUT2D eigenvalue weighted by molar-refractivity contribution is 5.76. The number of amides is 1. The Morgan fingerprint density at radius 3 is 3.14 bits per heavy atom. The van der Waals surface area contributed by atoms with Crippen LogP contribution in [0.1, 0.15) is 6.42 Å². The molecule has 1 amide bonds. The molecule has 82 valence electrons. The normalized spacial score (nSPS) is 28.1. The molecule has 5 nitrogen and oxygen atoms in total. The summed E-state index contributed by atoms with van der Waals surface area (Å²) in [5.74, 6) is -0.0286. The van der Waals surface area contributed by atoms with Crippen molar-refractivity contribution in [2.24, 2.45) is 0 Å². The highest BCUT2D eigenvalue weighted by Crippen LogP contribution is 2.16. The Morgan fingerprint density at radius 1 is 1.71 bits per heavy atom. The van der Waals surface area contributed by atoms with Gasteiger partial charge in [-0.25, -0.2) is 0 Å². The van der Waals surface area contributed by atoms with Crippen LogP contribution in [0.3, 0.4) is 0 Å². The molecule has 1 aliphatic rings. The molecule has 5 heteroatoms. The molecule has 14 heavy (non-hydrogen) atoms. The highest BCUT2D eigenvalue weighted by Gasteiger charge is 2.33. The molecule has 0 spiro atoms. The Bertz CT molecular complexity index is 188. The zero-order chi connectivity index (χ0) is 10.4. The molecule has 0 bridgehead atoms. The standard InChI is InChI=1S/C9H18N2O3/c1-10-8(12)5-9(13-2)6-11-3-4-14-7-9/h11H,3-7H2,1-2H3,(H,10,12). The third-order valence-electron chi connectivity index (χ3n) is 2.43. The lowest BCUT2D eigenvalue weighted by Gasteiger charge is -2.29. The maximum atomic E-state index is 11.3. The number of ether oxygens (including phenoxy) is 2. The van der Waals surface area contributed by atoms with E-state index in [0.29, 0.717) is 26.2 Å². The number of hydrogen-bond acceptors (Lipinski definition) is 4. The van der Waals surface area contributed by atoms with Crippen LogP contribution in [0, 0.1) is 0 Å². The van der Waals surface area contributed by atoms with Crippen LogP contribution in [0.4, 0.5) is 0 Å². The van der Waals surface area contributed by atoms with Gasteiger partial charge in [-0.15, -0.1) is 0 Å². The van der Waals surface area contributed by atoms with E-state index in [2.05, 4.69) is 10.6 Å². The lowest BCUT2D eigenvalue weighted by atomic mass is 10.00. The first-order chi connectivity index (χ1) is 6.72. The van der Waals surface area contributed by atoms with Crippen LogP contribution in [-0.2, 0) is 14.3 Å². The SMILES string of the molecule is CNC(=O)CC1(OC)CNCCOC1. The molecule has 0 saturated carbocycles. The average Bonchev–Trinajstić information content (AvgIpc) is 2.44. The monoisotopic (exact) mass is 202 g/mol. The topological polar surface area (TPSA) is 59.6 Å². The smallest absolute Gasteiger partial charge is 0.222 e. The van der Waals surface area contributed by atoms with Gasteiger partial charge in [-0.2, -0.15) is 0 Å². The molecule has 1 aliphatic heterocycles. The molecule has 1 fully saturated rings. The van der Waals surface area contributed by atoms with Crippen molar-refractivity contribution in [1.29, 1.82) is 0 Å². The highest BCUT2D eigenvalue weighted by atomic mass is 16.5. The predicted octanol–water partition coefficient (Wildman–Crippen LogP) is -0.872. The van der Waals surface area contributed by atoms with Crippen LogP contribution in [0.15, 0.2) is 0 Å². The van der Waals surface area contributed by atoms with Gasteiger partial charge in [0.05, 0.1) is 19.6 Å². The Labute approximate surface area is 84.1 Å². The number of rotatable bonds is 3. The summed E-state index contributed by atoms with van der Waals surface area (Å²) in [4.78, 5) is 11.3. The minimum atomic E-state index is -0.517. The summed E-state index contributed by atoms with van der Waals surface area (Å²) >= 11 is 0. The molecular formula is C9H18N2O3. The van der Waals surface area contributed by atoms with Gasteiger partial charge in [-0.3, -0.25) is 4.79 Å². The summed E-state index contributed by atoms with van der Waals surface area (Å²) in [6.07, 6.45) is 0.326. The Balaban J connectivity index is 2.57. The molecule has 1 rings (SSSR count). The maximum absolute atomic E-state index is 11.3. The minimum absolute atomic E-state index is 0.0286. The largest absolute Gasteiger partial charge is 0.377 e. The van der Waals surface area contributed by atoms with E-state index in [9.17, 15) is 4.79 Å². The van der Waals surface area contributed by atoms with Gasteiger partial charge in [0.2, 0.25) is 5.91 Å². The molecule has 0 radical (unpaired) electrons. The third kappa shape index (κ3) is 2.94. The number of methoxy groups -OCH3 is 1. The van der Waals surface area contributed by atoms with E-state index in [1.807, 2.05) is 0 Å². The first-order valence-corrected chi connectivity index (χ1v) is 4.77. The molecule has 0 aromatic rings. The van der Waals surface area contributed by atoms with Crippen molar-refractivity contribution in [3.63, 3.8) is 0 Å². The minimum Gasteiger partial charge on any atom is -0.377 e. The van der Waals surface area contributed by atoms with Gasteiger partial charge in [0.25, 0.3) is 0 Å². The number of nitrogens with one attached hydrogen (secondary N) is 2. The Hall–Kier alpha value is -0.650. The van der Waals surface area contributed by atoms with Crippen LogP contribution >= 0.6 is 0 Å². The zero-order valence-corrected chi connectivity index (χ0v) is 8.76. The van der Waals surface area contributed by atoms with Gasteiger partial charge in [-0.05, 0) is 0 Å². The third-order valence-corrected chi connectivity index (χ3v) is 2.43. The Morgan fingerprint density at radius 2 is 2.50 bits per heavy atom. The van der Waals surface area contributed by atoms with Crippen LogP contribution < -0.4 is 10.6 Å². The summed E-state index contributed by atoms with van der Waals surface area (Å²) in [6, 6.07) is 0. The van der Waals surface area contributed by atoms with E-state index < -0.39 is 5.60 Å². The summed E-state index contributed by atoms with van der Waals surface area (Å²) in [5.41, 5.74) is -0.517. The summed E-state index contributed by atoms with van der Waals surface area (Å²) in [7, 11) is 3.23. The van der Waals surface area contributed by atoms with E-state index in [1.54, 1.807) is 14.2 Å². The van der Waals surface area contributed by atoms with Crippen molar-refractivity contribution < 1.29 is 14.3 Å². The number of carbonyl (C=O) groups is 1. The van der Waals surface area contributed by atoms with Crippen molar-refractivity contribution in [2.45, 2.75) is 12.0 Å². The number of hydrogen-bond donors (Lipinski definition) is 2. The van der Waals surface area contributed by atoms with Gasteiger partial charge in [0.15, 0.2) is 0 Å². The molecule has 1 atom stereocenters. The van der Waals surface area contributed by atoms with Crippen LogP contribution in [0.5, 0.6) is 0 Å². The fourth-order valence-electron chi connectivity index (χ4n) is 1.47. The van der Waals surface area contributed by atoms with Crippen LogP contribution in [0.2, 0.25) is 0 Å². The van der Waals surface area contributed by atoms with Crippen molar-refractivity contribution in [2.75, 3.05) is 40.5 Å². The lowest BCUT2D eigenvalue weighted by Crippen LogP contribution is -2.47. The van der Waals surface area contributed by atoms with E-state index in [-0.39, 0.29) is 5.91 Å². The average molecular weight is 202 g/mol. The van der Waals surface area contributed by atoms with Gasteiger partial charge in [0, 0.05) is 27.2 Å². The second-order valence-electron chi connectivity index (χ2n) is 3.47. The zero-order valence-electron chi connectivity index (χ0n) is 8.76. The quantitative estimate of drug-likeness (QED) is 0.624. The summed E-state index contributed by atoms with van der Waals surface area (Å²) in [5, 5.41) is 5.78. The van der Waals surface area contributed by atoms with Crippen LogP contribution in [-0.4, -0.2) is 52.0 Å². The fraction of sp³-hybridized carbons (Fsp3) is 0.889. The second-order valence-corrected chi connectivity index (χ2v) is 3.47. The fourth-order valence-corrected chi connectivity index (χ4v) is 1.47. The molecule has 1 heterocycles. The van der Waals surface area contributed by atoms with E-state index in [1.165, 1.54) is 0 Å². The van der Waals surface area contributed by atoms with E-state index in [0.717, 1.165) is 6.54 Å². The first-order valence-electron chi connectivity index (χ1n) is 4.77. The van der Waals surface area contributed by atoms with Crippen LogP contribution in [0.25, 0.3) is 0 Å².